The molecule has 0 spiro atoms. The normalized spacial score (nSPS) is 12.2. The molecule has 1 rings (SSSR count). The highest BCUT2D eigenvalue weighted by molar-refractivity contribution is 6.80. The number of nitrogens with zero attached hydrogens (tertiary/aromatic N) is 2. The quantitative estimate of drug-likeness (QED) is 0.350. The predicted molar refractivity (Wildman–Crippen MR) is 85.7 cm³/mol. The Morgan fingerprint density at radius 2 is 1.70 bits per heavy atom. The van der Waals surface area contributed by atoms with Crippen molar-refractivity contribution in [3.63, 3.8) is 0 Å². The molecule has 20 heavy (non-hydrogen) atoms. The van der Waals surface area contributed by atoms with E-state index in [0.717, 1.165) is 5.69 Å². The molecule has 0 saturated heterocycles. The molecule has 0 N–H and O–H groups in total. The van der Waals surface area contributed by atoms with Crippen LogP contribution in [0, 0.1) is 0 Å². The van der Waals surface area contributed by atoms with Gasteiger partial charge in [-0.1, -0.05) is 25.1 Å². The lowest BCUT2D eigenvalue weighted by Crippen LogP contribution is -2.43. The summed E-state index contributed by atoms with van der Waals surface area (Å²) in [6.45, 7) is 9.71. The van der Waals surface area contributed by atoms with E-state index in [4.69, 9.17) is 0 Å². The summed E-state index contributed by atoms with van der Waals surface area (Å²) in [7, 11) is -1.80. The zero-order chi connectivity index (χ0) is 15.3. The molecule has 108 valence electrons. The molecular formula is C15H22N2O2Si. The lowest BCUT2D eigenvalue weighted by molar-refractivity contribution is -0.132. The van der Waals surface area contributed by atoms with E-state index in [2.05, 4.69) is 24.7 Å². The number of anilines is 1. The van der Waals surface area contributed by atoms with Gasteiger partial charge in [-0.25, -0.2) is 0 Å². The van der Waals surface area contributed by atoms with Crippen LogP contribution in [0.5, 0.6) is 0 Å². The summed E-state index contributed by atoms with van der Waals surface area (Å²) in [5, 5.41) is 4.43. The molecule has 0 aromatic heterocycles. The molecular weight excluding hydrogens is 268 g/mol. The van der Waals surface area contributed by atoms with Crippen LogP contribution in [-0.4, -0.2) is 25.5 Å². The molecule has 0 saturated carbocycles. The van der Waals surface area contributed by atoms with Crippen LogP contribution in [0.1, 0.15) is 20.3 Å². The molecule has 1 aromatic rings. The number of hydrogen-bond acceptors (Lipinski definition) is 4. The van der Waals surface area contributed by atoms with Gasteiger partial charge in [0.25, 0.3) is 0 Å². The van der Waals surface area contributed by atoms with Crippen LogP contribution in [0.15, 0.2) is 35.4 Å². The number of hydrazone groups is 1. The second-order valence-electron chi connectivity index (χ2n) is 5.61. The van der Waals surface area contributed by atoms with E-state index in [1.54, 1.807) is 13.8 Å². The molecule has 1 aromatic carbocycles. The van der Waals surface area contributed by atoms with Gasteiger partial charge in [-0.3, -0.25) is 14.3 Å². The molecule has 0 amide bonds. The zero-order valence-corrected chi connectivity index (χ0v) is 13.8. The van der Waals surface area contributed by atoms with Gasteiger partial charge in [0.15, 0.2) is 8.24 Å². The number of ketones is 2. The van der Waals surface area contributed by atoms with Crippen molar-refractivity contribution in [3.8, 4) is 0 Å². The van der Waals surface area contributed by atoms with Crippen LogP contribution >= 0.6 is 0 Å². The van der Waals surface area contributed by atoms with Crippen molar-refractivity contribution in [3.05, 3.63) is 30.3 Å². The molecule has 0 aliphatic carbocycles. The molecule has 0 radical (unpaired) electrons. The van der Waals surface area contributed by atoms with Crippen molar-refractivity contribution in [2.75, 3.05) is 4.67 Å². The van der Waals surface area contributed by atoms with Crippen LogP contribution in [0.2, 0.25) is 19.6 Å². The van der Waals surface area contributed by atoms with E-state index in [1.807, 2.05) is 35.0 Å². The van der Waals surface area contributed by atoms with Gasteiger partial charge in [0.05, 0.1) is 0 Å². The smallest absolute Gasteiger partial charge is 0.244 e. The third-order valence-electron chi connectivity index (χ3n) is 2.79. The molecule has 0 fully saturated rings. The first-order valence-corrected chi connectivity index (χ1v) is 10.2. The molecule has 4 nitrogen and oxygen atoms in total. The fraction of sp³-hybridized carbons (Fsp3) is 0.400. The highest BCUT2D eigenvalue weighted by Gasteiger charge is 2.26. The standard InChI is InChI=1S/C15H22N2O2Si/c1-6-14(18)15(19)12(2)16-17(20(3,4)5)13-10-8-7-9-11-13/h7-11H,6H2,1-5H3. The highest BCUT2D eigenvalue weighted by Crippen LogP contribution is 2.21. The van der Waals surface area contributed by atoms with E-state index < -0.39 is 19.8 Å². The summed E-state index contributed by atoms with van der Waals surface area (Å²) < 4.78 is 1.91. The van der Waals surface area contributed by atoms with E-state index in [-0.39, 0.29) is 12.1 Å². The molecule has 0 bridgehead atoms. The Balaban J connectivity index is 3.15. The fourth-order valence-electron chi connectivity index (χ4n) is 1.72. The van der Waals surface area contributed by atoms with Crippen LogP contribution in [0.4, 0.5) is 5.69 Å². The topological polar surface area (TPSA) is 49.7 Å². The number of rotatable bonds is 6. The Kier molecular flexibility index (Phi) is 5.39. The minimum Gasteiger partial charge on any atom is -0.295 e. The minimum absolute atomic E-state index is 0.212. The Morgan fingerprint density at radius 3 is 2.15 bits per heavy atom. The van der Waals surface area contributed by atoms with Crippen LogP contribution in [0.3, 0.4) is 0 Å². The largest absolute Gasteiger partial charge is 0.295 e. The zero-order valence-electron chi connectivity index (χ0n) is 12.8. The summed E-state index contributed by atoms with van der Waals surface area (Å²) in [4.78, 5) is 23.4. The lowest BCUT2D eigenvalue weighted by atomic mass is 10.1. The number of carbonyl (C=O) groups is 2. The number of hydrogen-bond donors (Lipinski definition) is 0. The molecule has 0 unspecified atom stereocenters. The molecule has 5 heteroatoms. The second kappa shape index (κ2) is 6.61. The van der Waals surface area contributed by atoms with Gasteiger partial charge in [0.2, 0.25) is 11.6 Å². The predicted octanol–water partition coefficient (Wildman–Crippen LogP) is 3.25. The summed E-state index contributed by atoms with van der Waals surface area (Å²) in [5.74, 6) is -0.887. The molecule has 0 atom stereocenters. The van der Waals surface area contributed by atoms with Gasteiger partial charge in [0, 0.05) is 12.1 Å². The first-order valence-electron chi connectivity index (χ1n) is 6.75. The summed E-state index contributed by atoms with van der Waals surface area (Å²) in [6.07, 6.45) is 0.212. The summed E-state index contributed by atoms with van der Waals surface area (Å²) >= 11 is 0. The van der Waals surface area contributed by atoms with Gasteiger partial charge in [-0.05, 0) is 38.7 Å². The Bertz CT molecular complexity index is 518. The fourth-order valence-corrected chi connectivity index (χ4v) is 3.10. The second-order valence-corrected chi connectivity index (χ2v) is 10.4. The van der Waals surface area contributed by atoms with E-state index >= 15 is 0 Å². The number of benzene rings is 1. The first kappa shape index (κ1) is 16.3. The number of Topliss-reactive ketones (excluding diaryl/α,β-unsaturated/α-hetero) is 2. The molecule has 0 aliphatic heterocycles. The van der Waals surface area contributed by atoms with Gasteiger partial charge in [-0.15, -0.1) is 0 Å². The van der Waals surface area contributed by atoms with Crippen molar-refractivity contribution in [2.45, 2.75) is 39.9 Å². The first-order chi connectivity index (χ1) is 9.27. The average Bonchev–Trinajstić information content (AvgIpc) is 2.42. The van der Waals surface area contributed by atoms with Crippen molar-refractivity contribution in [1.82, 2.24) is 0 Å². The van der Waals surface area contributed by atoms with E-state index in [1.165, 1.54) is 0 Å². The highest BCUT2D eigenvalue weighted by atomic mass is 28.3. The van der Waals surface area contributed by atoms with Crippen LogP contribution < -0.4 is 4.67 Å². The Labute approximate surface area is 121 Å². The van der Waals surface area contributed by atoms with Gasteiger partial charge < -0.3 is 0 Å². The maximum absolute atomic E-state index is 11.9. The van der Waals surface area contributed by atoms with E-state index in [0.29, 0.717) is 0 Å². The maximum atomic E-state index is 11.9. The van der Waals surface area contributed by atoms with E-state index in [9.17, 15) is 9.59 Å². The van der Waals surface area contributed by atoms with Crippen LogP contribution in [-0.2, 0) is 9.59 Å². The summed E-state index contributed by atoms with van der Waals surface area (Å²) in [5.41, 5.74) is 1.20. The van der Waals surface area contributed by atoms with Crippen molar-refractivity contribution in [1.29, 1.82) is 0 Å². The average molecular weight is 290 g/mol. The maximum Gasteiger partial charge on any atom is 0.244 e. The monoisotopic (exact) mass is 290 g/mol. The summed E-state index contributed by atoms with van der Waals surface area (Å²) in [6, 6.07) is 9.73. The van der Waals surface area contributed by atoms with Crippen molar-refractivity contribution < 1.29 is 9.59 Å². The SMILES string of the molecule is CCC(=O)C(=O)C(C)=NN(c1ccccc1)[Si](C)(C)C. The van der Waals surface area contributed by atoms with Gasteiger partial charge >= 0.3 is 0 Å². The van der Waals surface area contributed by atoms with Gasteiger partial charge in [-0.2, -0.15) is 5.10 Å². The van der Waals surface area contributed by atoms with Gasteiger partial charge in [0.1, 0.15) is 5.71 Å². The molecule has 0 heterocycles. The third kappa shape index (κ3) is 4.13. The lowest BCUT2D eigenvalue weighted by Gasteiger charge is -2.31. The number of carbonyl (C=O) groups excluding carboxylic acids is 2. The minimum atomic E-state index is -1.80. The third-order valence-corrected chi connectivity index (χ3v) is 4.42. The number of para-hydroxylation sites is 1. The Morgan fingerprint density at radius 1 is 1.15 bits per heavy atom. The Hall–Kier alpha value is -1.75. The van der Waals surface area contributed by atoms with Crippen molar-refractivity contribution >= 4 is 31.2 Å². The van der Waals surface area contributed by atoms with Crippen molar-refractivity contribution in [2.24, 2.45) is 5.10 Å². The van der Waals surface area contributed by atoms with Crippen LogP contribution in [0.25, 0.3) is 0 Å². The molecule has 0 aliphatic rings.